The maximum absolute atomic E-state index is 12.7. The van der Waals surface area contributed by atoms with Crippen molar-refractivity contribution < 1.29 is 14.3 Å². The quantitative estimate of drug-likeness (QED) is 0.633. The Hall–Kier alpha value is -3.38. The van der Waals surface area contributed by atoms with Gasteiger partial charge in [0.05, 0.1) is 19.4 Å². The highest BCUT2D eigenvalue weighted by atomic mass is 35.5. The van der Waals surface area contributed by atoms with E-state index >= 15 is 0 Å². The smallest absolute Gasteiger partial charge is 0.316 e. The summed E-state index contributed by atoms with van der Waals surface area (Å²) in [7, 11) is 1.34. The highest BCUT2D eigenvalue weighted by Gasteiger charge is 2.35. The Kier molecular flexibility index (Phi) is 5.68. The average Bonchev–Trinajstić information content (AvgIpc) is 3.17. The molecular formula is C23H20ClN3O3. The minimum Gasteiger partial charge on any atom is -0.468 e. The predicted octanol–water partition coefficient (Wildman–Crippen LogP) is 3.94. The third-order valence-corrected chi connectivity index (χ3v) is 5.24. The molecule has 30 heavy (non-hydrogen) atoms. The molecule has 4 rings (SSSR count). The summed E-state index contributed by atoms with van der Waals surface area (Å²) in [6, 6.07) is 20.7. The number of benzene rings is 3. The molecule has 1 atom stereocenters. The van der Waals surface area contributed by atoms with Gasteiger partial charge < -0.3 is 10.1 Å². The number of hydrogen-bond donors (Lipinski definition) is 1. The monoisotopic (exact) mass is 421 g/mol. The zero-order valence-corrected chi connectivity index (χ0v) is 17.1. The molecule has 1 aliphatic heterocycles. The Labute approximate surface area is 179 Å². The van der Waals surface area contributed by atoms with E-state index in [1.807, 2.05) is 42.5 Å². The zero-order valence-electron chi connectivity index (χ0n) is 16.3. The molecule has 1 N–H and O–H groups in total. The molecule has 152 valence electrons. The zero-order chi connectivity index (χ0) is 21.1. The van der Waals surface area contributed by atoms with Crippen LogP contribution in [0.2, 0.25) is 5.02 Å². The van der Waals surface area contributed by atoms with Crippen LogP contribution in [0.25, 0.3) is 10.8 Å². The first kappa shape index (κ1) is 19.9. The first-order valence-electron chi connectivity index (χ1n) is 9.50. The molecule has 6 nitrogen and oxygen atoms in total. The van der Waals surface area contributed by atoms with E-state index in [1.165, 1.54) is 7.11 Å². The predicted molar refractivity (Wildman–Crippen MR) is 118 cm³/mol. The van der Waals surface area contributed by atoms with Gasteiger partial charge in [-0.25, -0.2) is 0 Å². The van der Waals surface area contributed by atoms with Gasteiger partial charge in [-0.05, 0) is 29.1 Å². The fraction of sp³-hybridized carbons (Fsp3) is 0.174. The minimum atomic E-state index is -0.568. The van der Waals surface area contributed by atoms with Crippen molar-refractivity contribution in [2.75, 3.05) is 25.5 Å². The highest BCUT2D eigenvalue weighted by Crippen LogP contribution is 2.24. The van der Waals surface area contributed by atoms with E-state index in [9.17, 15) is 9.59 Å². The fourth-order valence-corrected chi connectivity index (χ4v) is 3.68. The van der Waals surface area contributed by atoms with Crippen LogP contribution < -0.4 is 5.32 Å². The summed E-state index contributed by atoms with van der Waals surface area (Å²) < 4.78 is 4.93. The van der Waals surface area contributed by atoms with Crippen molar-refractivity contribution in [3.8, 4) is 0 Å². The van der Waals surface area contributed by atoms with Crippen LogP contribution in [0.5, 0.6) is 0 Å². The highest BCUT2D eigenvalue weighted by molar-refractivity contribution is 6.30. The third kappa shape index (κ3) is 4.14. The molecule has 7 heteroatoms. The van der Waals surface area contributed by atoms with Crippen LogP contribution >= 0.6 is 11.6 Å². The summed E-state index contributed by atoms with van der Waals surface area (Å²) in [6.07, 6.45) is 0. The normalized spacial score (nSPS) is 15.7. The van der Waals surface area contributed by atoms with Gasteiger partial charge in [0.1, 0.15) is 12.5 Å². The lowest BCUT2D eigenvalue weighted by Crippen LogP contribution is -2.32. The maximum Gasteiger partial charge on any atom is 0.316 e. The summed E-state index contributed by atoms with van der Waals surface area (Å²) in [5.41, 5.74) is 2.08. The molecule has 1 heterocycles. The molecule has 1 aliphatic rings. The number of carbonyl (C=O) groups is 2. The number of fused-ring (bicyclic) bond motifs is 1. The van der Waals surface area contributed by atoms with Gasteiger partial charge >= 0.3 is 5.97 Å². The summed E-state index contributed by atoms with van der Waals surface area (Å²) in [5, 5.41) is 11.7. The van der Waals surface area contributed by atoms with Gasteiger partial charge in [0, 0.05) is 16.1 Å². The van der Waals surface area contributed by atoms with Crippen molar-refractivity contribution >= 4 is 45.6 Å². The van der Waals surface area contributed by atoms with Crippen LogP contribution in [0.4, 0.5) is 5.69 Å². The minimum absolute atomic E-state index is 0.0216. The van der Waals surface area contributed by atoms with Gasteiger partial charge in [0.25, 0.3) is 0 Å². The van der Waals surface area contributed by atoms with Gasteiger partial charge in [0.2, 0.25) is 5.91 Å². The molecular weight excluding hydrogens is 402 g/mol. The molecule has 0 fully saturated rings. The van der Waals surface area contributed by atoms with Crippen LogP contribution in [-0.4, -0.2) is 42.8 Å². The first-order valence-corrected chi connectivity index (χ1v) is 9.88. The van der Waals surface area contributed by atoms with Crippen molar-refractivity contribution in [3.05, 3.63) is 77.3 Å². The van der Waals surface area contributed by atoms with Crippen LogP contribution in [0.3, 0.4) is 0 Å². The van der Waals surface area contributed by atoms with E-state index in [4.69, 9.17) is 16.3 Å². The van der Waals surface area contributed by atoms with E-state index in [2.05, 4.69) is 10.4 Å². The van der Waals surface area contributed by atoms with Crippen molar-refractivity contribution in [2.24, 2.45) is 11.0 Å². The number of ether oxygens (including phenoxy) is 1. The number of amides is 1. The summed E-state index contributed by atoms with van der Waals surface area (Å²) in [5.74, 6) is -1.17. The second-order valence-electron chi connectivity index (χ2n) is 6.99. The summed E-state index contributed by atoms with van der Waals surface area (Å²) >= 11 is 5.97. The molecule has 0 saturated heterocycles. The second kappa shape index (κ2) is 8.55. The topological polar surface area (TPSA) is 71.0 Å². The van der Waals surface area contributed by atoms with Crippen LogP contribution in [0, 0.1) is 5.92 Å². The lowest BCUT2D eigenvalue weighted by Gasteiger charge is -2.15. The van der Waals surface area contributed by atoms with Crippen molar-refractivity contribution in [1.29, 1.82) is 0 Å². The largest absolute Gasteiger partial charge is 0.468 e. The van der Waals surface area contributed by atoms with E-state index in [0.717, 1.165) is 22.0 Å². The number of rotatable bonds is 5. The molecule has 1 amide bonds. The van der Waals surface area contributed by atoms with Crippen molar-refractivity contribution in [3.63, 3.8) is 0 Å². The Morgan fingerprint density at radius 3 is 2.60 bits per heavy atom. The van der Waals surface area contributed by atoms with Crippen molar-refractivity contribution in [2.45, 2.75) is 0 Å². The molecule has 1 unspecified atom stereocenters. The third-order valence-electron chi connectivity index (χ3n) is 4.99. The SMILES string of the molecule is COC(=O)C1CN(CC(=O)Nc2cccc3ccccc23)N=C1c1ccc(Cl)cc1. The van der Waals surface area contributed by atoms with Gasteiger partial charge in [-0.1, -0.05) is 60.1 Å². The number of esters is 1. The molecule has 3 aromatic rings. The molecule has 0 saturated carbocycles. The van der Waals surface area contributed by atoms with Gasteiger partial charge in [-0.2, -0.15) is 5.10 Å². The number of anilines is 1. The standard InChI is InChI=1S/C23H20ClN3O3/c1-30-23(29)19-13-27(26-22(19)16-9-11-17(24)12-10-16)14-21(28)25-20-8-4-6-15-5-2-3-7-18(15)20/h2-12,19H,13-14H2,1H3,(H,25,28). The number of methoxy groups -OCH3 is 1. The molecule has 0 bridgehead atoms. The Balaban J connectivity index is 1.52. The van der Waals surface area contributed by atoms with Crippen molar-refractivity contribution in [1.82, 2.24) is 5.01 Å². The number of carbonyl (C=O) groups excluding carboxylic acids is 2. The molecule has 0 aromatic heterocycles. The lowest BCUT2D eigenvalue weighted by molar-refractivity contribution is -0.143. The summed E-state index contributed by atoms with van der Waals surface area (Å²) in [6.45, 7) is 0.293. The number of hydrazone groups is 1. The van der Waals surface area contributed by atoms with Gasteiger partial charge in [-0.3, -0.25) is 14.6 Å². The van der Waals surface area contributed by atoms with Gasteiger partial charge in [0.15, 0.2) is 0 Å². The van der Waals surface area contributed by atoms with E-state index in [0.29, 0.717) is 10.7 Å². The molecule has 0 aliphatic carbocycles. The number of halogens is 1. The van der Waals surface area contributed by atoms with E-state index in [1.54, 1.807) is 29.3 Å². The second-order valence-corrected chi connectivity index (χ2v) is 7.43. The number of nitrogens with one attached hydrogen (secondary N) is 1. The van der Waals surface area contributed by atoms with Crippen LogP contribution in [-0.2, 0) is 14.3 Å². The average molecular weight is 422 g/mol. The lowest BCUT2D eigenvalue weighted by atomic mass is 9.98. The Morgan fingerprint density at radius 2 is 1.83 bits per heavy atom. The van der Waals surface area contributed by atoms with Crippen LogP contribution in [0.15, 0.2) is 71.8 Å². The van der Waals surface area contributed by atoms with E-state index < -0.39 is 5.92 Å². The molecule has 0 spiro atoms. The van der Waals surface area contributed by atoms with Gasteiger partial charge in [-0.15, -0.1) is 0 Å². The first-order chi connectivity index (χ1) is 14.5. The Bertz CT molecular complexity index is 1120. The molecule has 0 radical (unpaired) electrons. The molecule has 3 aromatic carbocycles. The number of hydrogen-bond acceptors (Lipinski definition) is 5. The summed E-state index contributed by atoms with van der Waals surface area (Å²) in [4.78, 5) is 25.0. The number of nitrogens with zero attached hydrogens (tertiary/aromatic N) is 2. The Morgan fingerprint density at radius 1 is 1.10 bits per heavy atom. The maximum atomic E-state index is 12.7. The van der Waals surface area contributed by atoms with E-state index in [-0.39, 0.29) is 25.0 Å². The fourth-order valence-electron chi connectivity index (χ4n) is 3.56. The van der Waals surface area contributed by atoms with Crippen LogP contribution in [0.1, 0.15) is 5.56 Å².